The average molecular weight is 268 g/mol. The predicted molar refractivity (Wildman–Crippen MR) is 57.4 cm³/mol. The fourth-order valence-corrected chi connectivity index (χ4v) is 1.84. The predicted octanol–water partition coefficient (Wildman–Crippen LogP) is 2.32. The summed E-state index contributed by atoms with van der Waals surface area (Å²) in [6, 6.07) is 0. The lowest BCUT2D eigenvalue weighted by molar-refractivity contribution is -0.119. The number of anilines is 1. The Balaban J connectivity index is 2.71. The Morgan fingerprint density at radius 3 is 2.76 bits per heavy atom. The van der Waals surface area contributed by atoms with Crippen molar-refractivity contribution < 1.29 is 22.7 Å². The summed E-state index contributed by atoms with van der Waals surface area (Å²) >= 11 is 0.967. The largest absolute Gasteiger partial charge is 0.461 e. The lowest BCUT2D eigenvalue weighted by Gasteiger charge is -2.17. The van der Waals surface area contributed by atoms with Gasteiger partial charge in [-0.15, -0.1) is 11.3 Å². The number of halogens is 3. The highest BCUT2D eigenvalue weighted by molar-refractivity contribution is 7.13. The van der Waals surface area contributed by atoms with E-state index in [1.807, 2.05) is 0 Å². The molecular formula is C9H11F3N2O2S. The molecule has 1 aromatic rings. The van der Waals surface area contributed by atoms with Crippen molar-refractivity contribution in [3.63, 3.8) is 0 Å². The summed E-state index contributed by atoms with van der Waals surface area (Å²) < 4.78 is 41.1. The van der Waals surface area contributed by atoms with E-state index in [1.165, 1.54) is 12.4 Å². The molecule has 0 bridgehead atoms. The van der Waals surface area contributed by atoms with Crippen LogP contribution in [0, 0.1) is 0 Å². The van der Waals surface area contributed by atoms with Gasteiger partial charge in [0, 0.05) is 12.4 Å². The molecule has 0 aliphatic carbocycles. The zero-order valence-electron chi connectivity index (χ0n) is 9.24. The zero-order valence-corrected chi connectivity index (χ0v) is 10.1. The highest BCUT2D eigenvalue weighted by Gasteiger charge is 2.30. The average Bonchev–Trinajstić information content (AvgIpc) is 2.63. The number of aromatic nitrogens is 1. The Bertz CT molecular complexity index is 392. The lowest BCUT2D eigenvalue weighted by Crippen LogP contribution is -2.30. The number of alkyl halides is 3. The fraction of sp³-hybridized carbons (Fsp3) is 0.556. The van der Waals surface area contributed by atoms with Gasteiger partial charge >= 0.3 is 12.1 Å². The first kappa shape index (κ1) is 13.8. The summed E-state index contributed by atoms with van der Waals surface area (Å²) in [6.45, 7) is 0.730. The van der Waals surface area contributed by atoms with Crippen LogP contribution in [-0.4, -0.2) is 37.3 Å². The quantitative estimate of drug-likeness (QED) is 0.786. The van der Waals surface area contributed by atoms with Crippen LogP contribution in [0.4, 0.5) is 18.3 Å². The molecule has 0 spiro atoms. The molecule has 0 fully saturated rings. The Labute approximate surface area is 100 Å². The summed E-state index contributed by atoms with van der Waals surface area (Å²) in [7, 11) is 1.27. The van der Waals surface area contributed by atoms with Gasteiger partial charge in [0.2, 0.25) is 0 Å². The van der Waals surface area contributed by atoms with Gasteiger partial charge < -0.3 is 9.64 Å². The van der Waals surface area contributed by atoms with Gasteiger partial charge in [-0.3, -0.25) is 0 Å². The molecule has 96 valence electrons. The summed E-state index contributed by atoms with van der Waals surface area (Å²) in [5.41, 5.74) is 0.0286. The van der Waals surface area contributed by atoms with Gasteiger partial charge in [0.1, 0.15) is 6.54 Å². The molecule has 0 saturated carbocycles. The summed E-state index contributed by atoms with van der Waals surface area (Å²) in [5, 5.41) is 1.51. The van der Waals surface area contributed by atoms with Crippen LogP contribution in [0.15, 0.2) is 5.38 Å². The minimum atomic E-state index is -4.30. The minimum absolute atomic E-state index is 0.0286. The maximum atomic E-state index is 12.1. The van der Waals surface area contributed by atoms with E-state index in [1.54, 1.807) is 6.92 Å². The smallest absolute Gasteiger partial charge is 0.405 e. The molecule has 0 N–H and O–H groups in total. The highest BCUT2D eigenvalue weighted by Crippen LogP contribution is 2.24. The Hall–Kier alpha value is -1.31. The number of rotatable bonds is 4. The molecule has 1 heterocycles. The van der Waals surface area contributed by atoms with Crippen molar-refractivity contribution in [2.75, 3.05) is 25.1 Å². The molecule has 0 aliphatic heterocycles. The van der Waals surface area contributed by atoms with Crippen molar-refractivity contribution in [1.82, 2.24) is 4.98 Å². The monoisotopic (exact) mass is 268 g/mol. The SMILES string of the molecule is CCOC(=O)c1csc(N(C)CC(F)(F)F)n1. The van der Waals surface area contributed by atoms with Crippen LogP contribution in [0.5, 0.6) is 0 Å². The highest BCUT2D eigenvalue weighted by atomic mass is 32.1. The number of carbonyl (C=O) groups excluding carboxylic acids is 1. The van der Waals surface area contributed by atoms with Crippen LogP contribution >= 0.6 is 11.3 Å². The molecule has 0 aromatic carbocycles. The minimum Gasteiger partial charge on any atom is -0.461 e. The van der Waals surface area contributed by atoms with E-state index in [2.05, 4.69) is 9.72 Å². The summed E-state index contributed by atoms with van der Waals surface area (Å²) in [4.78, 5) is 16.0. The van der Waals surface area contributed by atoms with E-state index in [9.17, 15) is 18.0 Å². The van der Waals surface area contributed by atoms with Crippen LogP contribution in [0.3, 0.4) is 0 Å². The first-order valence-electron chi connectivity index (χ1n) is 4.74. The van der Waals surface area contributed by atoms with Gasteiger partial charge in [0.25, 0.3) is 0 Å². The van der Waals surface area contributed by atoms with Gasteiger partial charge in [-0.2, -0.15) is 13.2 Å². The van der Waals surface area contributed by atoms with E-state index in [-0.39, 0.29) is 17.4 Å². The maximum Gasteiger partial charge on any atom is 0.405 e. The zero-order chi connectivity index (χ0) is 13.1. The topological polar surface area (TPSA) is 42.4 Å². The molecular weight excluding hydrogens is 257 g/mol. The lowest BCUT2D eigenvalue weighted by atomic mass is 10.5. The first-order chi connectivity index (χ1) is 7.83. The second-order valence-corrected chi connectivity index (χ2v) is 4.04. The third-order valence-electron chi connectivity index (χ3n) is 1.72. The number of carbonyl (C=O) groups is 1. The van der Waals surface area contributed by atoms with Crippen molar-refractivity contribution in [2.45, 2.75) is 13.1 Å². The summed E-state index contributed by atoms with van der Waals surface area (Å²) in [5.74, 6) is -0.629. The number of hydrogen-bond donors (Lipinski definition) is 0. The Morgan fingerprint density at radius 2 is 2.24 bits per heavy atom. The normalized spacial score (nSPS) is 11.4. The van der Waals surface area contributed by atoms with Gasteiger partial charge in [-0.25, -0.2) is 9.78 Å². The number of thiazole rings is 1. The molecule has 1 aromatic heterocycles. The molecule has 0 saturated heterocycles. The molecule has 4 nitrogen and oxygen atoms in total. The van der Waals surface area contributed by atoms with Gasteiger partial charge in [-0.1, -0.05) is 0 Å². The van der Waals surface area contributed by atoms with E-state index < -0.39 is 18.7 Å². The fourth-order valence-electron chi connectivity index (χ4n) is 1.07. The maximum absolute atomic E-state index is 12.1. The van der Waals surface area contributed by atoms with E-state index in [0.717, 1.165) is 16.2 Å². The third-order valence-corrected chi connectivity index (χ3v) is 2.67. The molecule has 17 heavy (non-hydrogen) atoms. The van der Waals surface area contributed by atoms with Crippen molar-refractivity contribution in [1.29, 1.82) is 0 Å². The Kier molecular flexibility index (Phi) is 4.33. The van der Waals surface area contributed by atoms with E-state index in [0.29, 0.717) is 0 Å². The van der Waals surface area contributed by atoms with E-state index >= 15 is 0 Å². The van der Waals surface area contributed by atoms with Gasteiger partial charge in [0.05, 0.1) is 6.61 Å². The second-order valence-electron chi connectivity index (χ2n) is 3.21. The van der Waals surface area contributed by atoms with Crippen LogP contribution in [0.2, 0.25) is 0 Å². The second kappa shape index (κ2) is 5.35. The molecule has 0 radical (unpaired) electrons. The standard InChI is InChI=1S/C9H11F3N2O2S/c1-3-16-7(15)6-4-17-8(13-6)14(2)5-9(10,11)12/h4H,3,5H2,1-2H3. The van der Waals surface area contributed by atoms with Crippen LogP contribution in [0.1, 0.15) is 17.4 Å². The summed E-state index contributed by atoms with van der Waals surface area (Å²) in [6.07, 6.45) is -4.30. The van der Waals surface area contributed by atoms with Crippen molar-refractivity contribution in [2.24, 2.45) is 0 Å². The Morgan fingerprint density at radius 1 is 1.59 bits per heavy atom. The van der Waals surface area contributed by atoms with Crippen molar-refractivity contribution in [3.05, 3.63) is 11.1 Å². The van der Waals surface area contributed by atoms with Crippen LogP contribution < -0.4 is 4.90 Å². The molecule has 0 unspecified atom stereocenters. The molecule has 1 rings (SSSR count). The van der Waals surface area contributed by atoms with Crippen LogP contribution in [-0.2, 0) is 4.74 Å². The number of ether oxygens (including phenoxy) is 1. The van der Waals surface area contributed by atoms with E-state index in [4.69, 9.17) is 0 Å². The number of nitrogens with zero attached hydrogens (tertiary/aromatic N) is 2. The molecule has 8 heteroatoms. The van der Waals surface area contributed by atoms with Gasteiger partial charge in [0.15, 0.2) is 10.8 Å². The van der Waals surface area contributed by atoms with Gasteiger partial charge in [-0.05, 0) is 6.92 Å². The third kappa shape index (κ3) is 4.22. The number of esters is 1. The first-order valence-corrected chi connectivity index (χ1v) is 5.62. The number of hydrogen-bond acceptors (Lipinski definition) is 5. The molecule has 0 aliphatic rings. The van der Waals surface area contributed by atoms with Crippen LogP contribution in [0.25, 0.3) is 0 Å². The van der Waals surface area contributed by atoms with Crippen molar-refractivity contribution >= 4 is 22.4 Å². The molecule has 0 amide bonds. The molecule has 0 atom stereocenters. The van der Waals surface area contributed by atoms with Crippen molar-refractivity contribution in [3.8, 4) is 0 Å².